The SMILES string of the molecule is CCCn1nccc1C(O)c1cscc1C. The average molecular weight is 236 g/mol. The fourth-order valence-electron chi connectivity index (χ4n) is 1.78. The first-order chi connectivity index (χ1) is 7.74. The van der Waals surface area contributed by atoms with Crippen molar-refractivity contribution in [3.63, 3.8) is 0 Å². The highest BCUT2D eigenvalue weighted by Crippen LogP contribution is 2.27. The van der Waals surface area contributed by atoms with Crippen LogP contribution in [-0.4, -0.2) is 14.9 Å². The van der Waals surface area contributed by atoms with Crippen molar-refractivity contribution in [2.24, 2.45) is 0 Å². The summed E-state index contributed by atoms with van der Waals surface area (Å²) in [6.45, 7) is 4.98. The minimum atomic E-state index is -0.555. The summed E-state index contributed by atoms with van der Waals surface area (Å²) in [6.07, 6.45) is 2.21. The fraction of sp³-hybridized carbons (Fsp3) is 0.417. The molecule has 2 heterocycles. The lowest BCUT2D eigenvalue weighted by molar-refractivity contribution is 0.207. The molecule has 1 unspecified atom stereocenters. The normalized spacial score (nSPS) is 12.9. The summed E-state index contributed by atoms with van der Waals surface area (Å²) < 4.78 is 1.88. The van der Waals surface area contributed by atoms with Gasteiger partial charge in [-0.3, -0.25) is 4.68 Å². The molecule has 1 atom stereocenters. The van der Waals surface area contributed by atoms with Crippen molar-refractivity contribution in [1.29, 1.82) is 0 Å². The molecule has 0 aliphatic rings. The Morgan fingerprint density at radius 1 is 1.50 bits per heavy atom. The zero-order valence-electron chi connectivity index (χ0n) is 9.55. The summed E-state index contributed by atoms with van der Waals surface area (Å²) in [6, 6.07) is 1.89. The van der Waals surface area contributed by atoms with Crippen LogP contribution in [0.4, 0.5) is 0 Å². The van der Waals surface area contributed by atoms with E-state index in [0.29, 0.717) is 0 Å². The molecule has 0 radical (unpaired) electrons. The highest BCUT2D eigenvalue weighted by atomic mass is 32.1. The van der Waals surface area contributed by atoms with E-state index in [1.165, 1.54) is 0 Å². The van der Waals surface area contributed by atoms with Gasteiger partial charge in [-0.15, -0.1) is 0 Å². The predicted octanol–water partition coefficient (Wildman–Crippen LogP) is 2.74. The van der Waals surface area contributed by atoms with Gasteiger partial charge in [-0.05, 0) is 35.7 Å². The van der Waals surface area contributed by atoms with E-state index in [2.05, 4.69) is 17.4 Å². The average Bonchev–Trinajstić information content (AvgIpc) is 2.87. The lowest BCUT2D eigenvalue weighted by Crippen LogP contribution is -2.10. The number of rotatable bonds is 4. The van der Waals surface area contributed by atoms with Crippen LogP contribution in [0, 0.1) is 6.92 Å². The molecular weight excluding hydrogens is 220 g/mol. The number of hydrogen-bond donors (Lipinski definition) is 1. The molecule has 4 heteroatoms. The molecule has 0 aliphatic heterocycles. The number of aromatic nitrogens is 2. The second-order valence-corrected chi connectivity index (χ2v) is 4.64. The first kappa shape index (κ1) is 11.4. The Labute approximate surface area is 99.4 Å². The molecule has 0 saturated heterocycles. The Bertz CT molecular complexity index is 461. The molecule has 0 amide bonds. The molecule has 2 rings (SSSR count). The van der Waals surface area contributed by atoms with Crippen LogP contribution in [0.3, 0.4) is 0 Å². The maximum atomic E-state index is 10.3. The molecular formula is C12H16N2OS. The van der Waals surface area contributed by atoms with Gasteiger partial charge >= 0.3 is 0 Å². The monoisotopic (exact) mass is 236 g/mol. The molecule has 0 aromatic carbocycles. The standard InChI is InChI=1S/C12H16N2OS/c1-3-6-14-11(4-5-13-14)12(15)10-8-16-7-9(10)2/h4-5,7-8,12,15H,3,6H2,1-2H3. The van der Waals surface area contributed by atoms with Gasteiger partial charge < -0.3 is 5.11 Å². The van der Waals surface area contributed by atoms with Crippen molar-refractivity contribution < 1.29 is 5.11 Å². The molecule has 0 aliphatic carbocycles. The van der Waals surface area contributed by atoms with E-state index in [0.717, 1.165) is 29.8 Å². The zero-order chi connectivity index (χ0) is 11.5. The Morgan fingerprint density at radius 2 is 2.31 bits per heavy atom. The Balaban J connectivity index is 2.30. The first-order valence-electron chi connectivity index (χ1n) is 5.46. The van der Waals surface area contributed by atoms with Crippen LogP contribution in [-0.2, 0) is 6.54 Å². The van der Waals surface area contributed by atoms with E-state index >= 15 is 0 Å². The Kier molecular flexibility index (Phi) is 3.41. The summed E-state index contributed by atoms with van der Waals surface area (Å²) in [7, 11) is 0. The van der Waals surface area contributed by atoms with Crippen molar-refractivity contribution in [2.45, 2.75) is 32.9 Å². The van der Waals surface area contributed by atoms with Gasteiger partial charge in [0.05, 0.1) is 5.69 Å². The van der Waals surface area contributed by atoms with Gasteiger partial charge in [0, 0.05) is 18.3 Å². The molecule has 0 saturated carbocycles. The van der Waals surface area contributed by atoms with Crippen molar-refractivity contribution in [1.82, 2.24) is 9.78 Å². The first-order valence-corrected chi connectivity index (χ1v) is 6.40. The molecule has 0 bridgehead atoms. The number of hydrogen-bond acceptors (Lipinski definition) is 3. The van der Waals surface area contributed by atoms with E-state index in [-0.39, 0.29) is 0 Å². The largest absolute Gasteiger partial charge is 0.382 e. The van der Waals surface area contributed by atoms with Gasteiger partial charge in [-0.2, -0.15) is 16.4 Å². The number of aliphatic hydroxyl groups excluding tert-OH is 1. The molecule has 1 N–H and O–H groups in total. The van der Waals surface area contributed by atoms with Crippen molar-refractivity contribution >= 4 is 11.3 Å². The summed E-state index contributed by atoms with van der Waals surface area (Å²) in [5, 5.41) is 18.6. The number of aryl methyl sites for hydroxylation is 2. The van der Waals surface area contributed by atoms with Crippen molar-refractivity contribution in [3.05, 3.63) is 39.8 Å². The Morgan fingerprint density at radius 3 is 2.94 bits per heavy atom. The van der Waals surface area contributed by atoms with Gasteiger partial charge in [-0.1, -0.05) is 6.92 Å². The molecule has 0 fully saturated rings. The van der Waals surface area contributed by atoms with Crippen molar-refractivity contribution in [3.8, 4) is 0 Å². The Hall–Kier alpha value is -1.13. The predicted molar refractivity (Wildman–Crippen MR) is 65.6 cm³/mol. The smallest absolute Gasteiger partial charge is 0.122 e. The molecule has 0 spiro atoms. The maximum absolute atomic E-state index is 10.3. The van der Waals surface area contributed by atoms with E-state index in [1.54, 1.807) is 17.5 Å². The third kappa shape index (κ3) is 2.03. The van der Waals surface area contributed by atoms with Gasteiger partial charge in [-0.25, -0.2) is 0 Å². The maximum Gasteiger partial charge on any atom is 0.122 e. The van der Waals surface area contributed by atoms with E-state index in [4.69, 9.17) is 0 Å². The van der Waals surface area contributed by atoms with E-state index < -0.39 is 6.10 Å². The van der Waals surface area contributed by atoms with Crippen LogP contribution in [0.15, 0.2) is 23.0 Å². The van der Waals surface area contributed by atoms with Crippen molar-refractivity contribution in [2.75, 3.05) is 0 Å². The number of aliphatic hydroxyl groups is 1. The third-order valence-corrected chi connectivity index (χ3v) is 3.53. The highest BCUT2D eigenvalue weighted by molar-refractivity contribution is 7.08. The third-order valence-electron chi connectivity index (χ3n) is 2.65. The fourth-order valence-corrected chi connectivity index (χ4v) is 2.65. The summed E-state index contributed by atoms with van der Waals surface area (Å²) >= 11 is 1.62. The van der Waals surface area contributed by atoms with Gasteiger partial charge in [0.15, 0.2) is 0 Å². The number of thiophene rings is 1. The second kappa shape index (κ2) is 4.80. The summed E-state index contributed by atoms with van der Waals surface area (Å²) in [4.78, 5) is 0. The highest BCUT2D eigenvalue weighted by Gasteiger charge is 2.17. The van der Waals surface area contributed by atoms with Crippen LogP contribution < -0.4 is 0 Å². The molecule has 3 nitrogen and oxygen atoms in total. The van der Waals surface area contributed by atoms with Gasteiger partial charge in [0.25, 0.3) is 0 Å². The molecule has 16 heavy (non-hydrogen) atoms. The van der Waals surface area contributed by atoms with Crippen LogP contribution in [0.5, 0.6) is 0 Å². The number of nitrogens with zero attached hydrogens (tertiary/aromatic N) is 2. The second-order valence-electron chi connectivity index (χ2n) is 3.89. The minimum Gasteiger partial charge on any atom is -0.382 e. The quantitative estimate of drug-likeness (QED) is 0.886. The molecule has 2 aromatic rings. The van der Waals surface area contributed by atoms with Crippen LogP contribution >= 0.6 is 11.3 Å². The van der Waals surface area contributed by atoms with Crippen LogP contribution in [0.1, 0.15) is 36.3 Å². The minimum absolute atomic E-state index is 0.555. The zero-order valence-corrected chi connectivity index (χ0v) is 10.4. The molecule has 2 aromatic heterocycles. The van der Waals surface area contributed by atoms with Gasteiger partial charge in [0.2, 0.25) is 0 Å². The van der Waals surface area contributed by atoms with Gasteiger partial charge in [0.1, 0.15) is 6.10 Å². The van der Waals surface area contributed by atoms with E-state index in [1.807, 2.05) is 23.1 Å². The van der Waals surface area contributed by atoms with E-state index in [9.17, 15) is 5.11 Å². The summed E-state index contributed by atoms with van der Waals surface area (Å²) in [5.74, 6) is 0. The molecule has 86 valence electrons. The van der Waals surface area contributed by atoms with Crippen LogP contribution in [0.25, 0.3) is 0 Å². The lowest BCUT2D eigenvalue weighted by atomic mass is 10.1. The van der Waals surface area contributed by atoms with Crippen LogP contribution in [0.2, 0.25) is 0 Å². The summed E-state index contributed by atoms with van der Waals surface area (Å²) in [5.41, 5.74) is 3.01. The topological polar surface area (TPSA) is 38.0 Å². The lowest BCUT2D eigenvalue weighted by Gasteiger charge is -2.12.